The Balaban J connectivity index is 1.28. The number of piperidine rings is 1. The molecule has 7 nitrogen and oxygen atoms in total. The van der Waals surface area contributed by atoms with Gasteiger partial charge in [0, 0.05) is 26.2 Å². The van der Waals surface area contributed by atoms with Crippen molar-refractivity contribution in [3.05, 3.63) is 90.0 Å². The van der Waals surface area contributed by atoms with E-state index in [1.54, 1.807) is 12.1 Å². The molecule has 2 aliphatic rings. The molecule has 0 bridgehead atoms. The Morgan fingerprint density at radius 3 is 2.33 bits per heavy atom. The number of nitrogens with zero attached hydrogens (tertiary/aromatic N) is 3. The Morgan fingerprint density at radius 2 is 1.58 bits per heavy atom. The fourth-order valence-corrected chi connectivity index (χ4v) is 6.85. The summed E-state index contributed by atoms with van der Waals surface area (Å²) in [5.74, 6) is 1.48. The van der Waals surface area contributed by atoms with Crippen LogP contribution in [0.15, 0.2) is 83.8 Å². The number of sulfonamides is 1. The molecule has 5 rings (SSSR count). The number of para-hydroxylation sites is 1. The molecular weight excluding hydrogens is 474 g/mol. The van der Waals surface area contributed by atoms with Crippen molar-refractivity contribution in [1.82, 2.24) is 9.21 Å². The van der Waals surface area contributed by atoms with Gasteiger partial charge in [0.1, 0.15) is 17.6 Å². The second-order valence-electron chi connectivity index (χ2n) is 9.37. The van der Waals surface area contributed by atoms with Gasteiger partial charge >= 0.3 is 0 Å². The van der Waals surface area contributed by atoms with Crippen LogP contribution in [0.5, 0.6) is 11.5 Å². The van der Waals surface area contributed by atoms with E-state index < -0.39 is 15.4 Å². The molecule has 0 aliphatic carbocycles. The molecule has 2 aliphatic heterocycles. The first kappa shape index (κ1) is 24.0. The number of amides is 1. The molecule has 2 saturated heterocycles. The minimum atomic E-state index is -3.87. The Morgan fingerprint density at radius 1 is 0.889 bits per heavy atom. The quantitative estimate of drug-likeness (QED) is 0.494. The lowest BCUT2D eigenvalue weighted by Crippen LogP contribution is -2.49. The predicted octanol–water partition coefficient (Wildman–Crippen LogP) is 4.55. The zero-order valence-electron chi connectivity index (χ0n) is 19.8. The average Bonchev–Trinajstić information content (AvgIpc) is 3.19. The fourth-order valence-electron chi connectivity index (χ4n) is 5.15. The van der Waals surface area contributed by atoms with E-state index in [9.17, 15) is 18.5 Å². The van der Waals surface area contributed by atoms with Crippen molar-refractivity contribution >= 4 is 15.9 Å². The molecule has 2 heterocycles. The molecule has 1 unspecified atom stereocenters. The molecule has 1 amide bonds. The molecule has 8 heteroatoms. The van der Waals surface area contributed by atoms with Crippen LogP contribution in [0.3, 0.4) is 0 Å². The molecule has 36 heavy (non-hydrogen) atoms. The van der Waals surface area contributed by atoms with Gasteiger partial charge in [-0.2, -0.15) is 9.57 Å². The van der Waals surface area contributed by atoms with Crippen LogP contribution in [0, 0.1) is 16.7 Å². The highest BCUT2D eigenvalue weighted by Crippen LogP contribution is 2.42. The zero-order valence-corrected chi connectivity index (χ0v) is 20.7. The summed E-state index contributed by atoms with van der Waals surface area (Å²) in [5.41, 5.74) is 0.392. The molecule has 2 fully saturated rings. The molecular formula is C28H27N3O4S. The van der Waals surface area contributed by atoms with Crippen molar-refractivity contribution in [2.75, 3.05) is 19.6 Å². The minimum Gasteiger partial charge on any atom is -0.457 e. The van der Waals surface area contributed by atoms with Crippen molar-refractivity contribution in [3.63, 3.8) is 0 Å². The molecule has 1 spiro atoms. The Labute approximate surface area is 211 Å². The number of carbonyl (C=O) groups is 1. The molecule has 0 saturated carbocycles. The largest absolute Gasteiger partial charge is 0.457 e. The van der Waals surface area contributed by atoms with Crippen LogP contribution in [0.2, 0.25) is 0 Å². The lowest BCUT2D eigenvalue weighted by atomic mass is 9.79. The smallest absolute Gasteiger partial charge is 0.244 e. The number of ether oxygens (including phenoxy) is 1. The summed E-state index contributed by atoms with van der Waals surface area (Å²) in [5, 5.41) is 9.39. The molecule has 184 valence electrons. The summed E-state index contributed by atoms with van der Waals surface area (Å²) in [6.45, 7) is 1.55. The molecule has 0 radical (unpaired) electrons. The van der Waals surface area contributed by atoms with Gasteiger partial charge < -0.3 is 9.64 Å². The summed E-state index contributed by atoms with van der Waals surface area (Å²) in [6.07, 6.45) is 1.89. The maximum absolute atomic E-state index is 13.6. The zero-order chi connectivity index (χ0) is 25.2. The number of nitriles is 1. The van der Waals surface area contributed by atoms with Crippen LogP contribution in [0.4, 0.5) is 0 Å². The van der Waals surface area contributed by atoms with Crippen molar-refractivity contribution in [1.29, 1.82) is 5.26 Å². The number of carbonyl (C=O) groups excluding carboxylic acids is 1. The van der Waals surface area contributed by atoms with E-state index in [2.05, 4.69) is 0 Å². The highest BCUT2D eigenvalue weighted by molar-refractivity contribution is 7.89. The molecule has 0 aromatic heterocycles. The van der Waals surface area contributed by atoms with Crippen LogP contribution in [0.1, 0.15) is 30.4 Å². The summed E-state index contributed by atoms with van der Waals surface area (Å²) in [7, 11) is -3.87. The molecule has 0 N–H and O–H groups in total. The predicted molar refractivity (Wildman–Crippen MR) is 135 cm³/mol. The van der Waals surface area contributed by atoms with Gasteiger partial charge in [-0.1, -0.05) is 42.5 Å². The van der Waals surface area contributed by atoms with Gasteiger partial charge in [-0.05, 0) is 61.2 Å². The first-order chi connectivity index (χ1) is 17.4. The lowest BCUT2D eigenvalue weighted by molar-refractivity contribution is -0.138. The summed E-state index contributed by atoms with van der Waals surface area (Å²) < 4.78 is 34.0. The Kier molecular flexibility index (Phi) is 6.52. The minimum absolute atomic E-state index is 0.000537. The first-order valence-electron chi connectivity index (χ1n) is 12.0. The maximum Gasteiger partial charge on any atom is 0.244 e. The number of hydrogen-bond acceptors (Lipinski definition) is 5. The normalized spacial score (nSPS) is 20.4. The topological polar surface area (TPSA) is 90.7 Å². The van der Waals surface area contributed by atoms with Gasteiger partial charge in [-0.25, -0.2) is 8.42 Å². The van der Waals surface area contributed by atoms with E-state index in [-0.39, 0.29) is 22.9 Å². The van der Waals surface area contributed by atoms with E-state index in [0.29, 0.717) is 38.9 Å². The Hall–Kier alpha value is -3.67. The van der Waals surface area contributed by atoms with Gasteiger partial charge in [0.05, 0.1) is 15.9 Å². The van der Waals surface area contributed by atoms with Crippen molar-refractivity contribution in [2.24, 2.45) is 5.41 Å². The van der Waals surface area contributed by atoms with E-state index in [1.165, 1.54) is 16.4 Å². The monoisotopic (exact) mass is 501 g/mol. The second-order valence-corrected chi connectivity index (χ2v) is 11.3. The summed E-state index contributed by atoms with van der Waals surface area (Å²) >= 11 is 0. The van der Waals surface area contributed by atoms with E-state index in [0.717, 1.165) is 17.1 Å². The first-order valence-corrected chi connectivity index (χ1v) is 13.5. The second kappa shape index (κ2) is 9.76. The highest BCUT2D eigenvalue weighted by atomic mass is 32.2. The summed E-state index contributed by atoms with van der Waals surface area (Å²) in [6, 6.07) is 25.4. The van der Waals surface area contributed by atoms with Crippen LogP contribution >= 0.6 is 0 Å². The molecule has 3 aromatic carbocycles. The molecule has 3 aromatic rings. The number of rotatable bonds is 6. The fraction of sp³-hybridized carbons (Fsp3) is 0.286. The average molecular weight is 502 g/mol. The summed E-state index contributed by atoms with van der Waals surface area (Å²) in [4.78, 5) is 15.4. The van der Waals surface area contributed by atoms with Crippen molar-refractivity contribution in [2.45, 2.75) is 30.7 Å². The lowest BCUT2D eigenvalue weighted by Gasteiger charge is -2.38. The van der Waals surface area contributed by atoms with Gasteiger partial charge in [-0.15, -0.1) is 0 Å². The van der Waals surface area contributed by atoms with Gasteiger partial charge in [-0.3, -0.25) is 4.79 Å². The van der Waals surface area contributed by atoms with Gasteiger partial charge in [0.15, 0.2) is 0 Å². The third kappa shape index (κ3) is 4.60. The number of likely N-dealkylation sites (tertiary alicyclic amines) is 1. The van der Waals surface area contributed by atoms with Crippen LogP contribution in [-0.2, 0) is 21.4 Å². The van der Waals surface area contributed by atoms with Crippen LogP contribution < -0.4 is 4.74 Å². The number of hydrogen-bond donors (Lipinski definition) is 0. The van der Waals surface area contributed by atoms with Crippen molar-refractivity contribution in [3.8, 4) is 17.6 Å². The van der Waals surface area contributed by atoms with Gasteiger partial charge in [0.25, 0.3) is 0 Å². The third-order valence-electron chi connectivity index (χ3n) is 7.04. The maximum atomic E-state index is 13.6. The highest BCUT2D eigenvalue weighted by Gasteiger charge is 2.50. The Bertz CT molecular complexity index is 1400. The van der Waals surface area contributed by atoms with Crippen LogP contribution in [-0.4, -0.2) is 43.2 Å². The van der Waals surface area contributed by atoms with E-state index in [4.69, 9.17) is 4.74 Å². The van der Waals surface area contributed by atoms with Gasteiger partial charge in [0.2, 0.25) is 15.9 Å². The third-order valence-corrected chi connectivity index (χ3v) is 8.95. The van der Waals surface area contributed by atoms with E-state index in [1.807, 2.05) is 65.6 Å². The SMILES string of the molecule is N#Cc1ccccc1S(=O)(=O)N1CCCC2(CCN(Cc3ccc(Oc4ccccc4)cc3)C2=O)C1. The number of benzene rings is 3. The van der Waals surface area contributed by atoms with Crippen LogP contribution in [0.25, 0.3) is 0 Å². The van der Waals surface area contributed by atoms with E-state index >= 15 is 0 Å². The molecule has 1 atom stereocenters. The van der Waals surface area contributed by atoms with Crippen molar-refractivity contribution < 1.29 is 17.9 Å². The standard InChI is InChI=1S/C28H27N3O4S/c29-19-23-7-4-5-10-26(23)36(33,34)31-17-6-15-28(21-31)16-18-30(27(28)32)20-22-11-13-25(14-12-22)35-24-8-2-1-3-9-24/h1-5,7-14H,6,15-18,20-21H2.